The smallest absolute Gasteiger partial charge is 0.261 e. The van der Waals surface area contributed by atoms with Gasteiger partial charge in [-0.3, -0.25) is 23.7 Å². The van der Waals surface area contributed by atoms with E-state index < -0.39 is 0 Å². The summed E-state index contributed by atoms with van der Waals surface area (Å²) >= 11 is 0. The summed E-state index contributed by atoms with van der Waals surface area (Å²) in [6.07, 6.45) is 0. The van der Waals surface area contributed by atoms with Gasteiger partial charge in [-0.1, -0.05) is 12.1 Å². The Morgan fingerprint density at radius 3 is 2.13 bits per heavy atom. The zero-order valence-corrected chi connectivity index (χ0v) is 23.1. The van der Waals surface area contributed by atoms with Gasteiger partial charge in [-0.2, -0.15) is 0 Å². The molecule has 10 heteroatoms. The molecule has 0 radical (unpaired) electrons. The molecule has 0 unspecified atom stereocenters. The van der Waals surface area contributed by atoms with Crippen LogP contribution in [0.25, 0.3) is 27.7 Å². The van der Waals surface area contributed by atoms with Gasteiger partial charge in [0.2, 0.25) is 11.3 Å². The van der Waals surface area contributed by atoms with Crippen molar-refractivity contribution in [3.8, 4) is 0 Å². The molecule has 1 aromatic carbocycles. The molecule has 204 valence electrons. The molecular weight excluding hydrogens is 494 g/mol. The maximum absolute atomic E-state index is 14.1. The van der Waals surface area contributed by atoms with Crippen LogP contribution in [0.4, 0.5) is 5.82 Å². The number of aromatic nitrogens is 3. The van der Waals surface area contributed by atoms with Crippen LogP contribution < -0.4 is 10.3 Å². The number of amides is 2. The Balaban J connectivity index is 1.50. The van der Waals surface area contributed by atoms with Crippen LogP contribution in [0.15, 0.2) is 41.2 Å². The molecule has 2 amide bonds. The molecule has 3 aromatic heterocycles. The van der Waals surface area contributed by atoms with Gasteiger partial charge in [0, 0.05) is 72.4 Å². The molecule has 0 N–H and O–H groups in total. The van der Waals surface area contributed by atoms with E-state index in [1.807, 2.05) is 56.1 Å². The number of nitrogens with zero attached hydrogens (tertiary/aromatic N) is 7. The van der Waals surface area contributed by atoms with Crippen molar-refractivity contribution in [2.24, 2.45) is 7.05 Å². The monoisotopic (exact) mass is 529 g/mol. The zero-order valence-electron chi connectivity index (χ0n) is 23.1. The van der Waals surface area contributed by atoms with Gasteiger partial charge in [-0.15, -0.1) is 0 Å². The third-order valence-electron chi connectivity index (χ3n) is 8.38. The molecule has 10 nitrogen and oxygen atoms in total. The molecule has 0 saturated carbocycles. The van der Waals surface area contributed by atoms with Gasteiger partial charge in [0.1, 0.15) is 17.0 Å². The molecule has 0 atom stereocenters. The number of carbonyl (C=O) groups excluding carboxylic acids is 2. The fraction of sp³-hybridized carbons (Fsp3) is 0.448. The highest BCUT2D eigenvalue weighted by Crippen LogP contribution is 2.28. The first-order chi connectivity index (χ1) is 18.8. The summed E-state index contributed by atoms with van der Waals surface area (Å²) in [5.74, 6) is 0.613. The second kappa shape index (κ2) is 9.68. The Kier molecular flexibility index (Phi) is 6.29. The number of benzene rings is 1. The first-order valence-electron chi connectivity index (χ1n) is 13.7. The van der Waals surface area contributed by atoms with Crippen LogP contribution in [0.1, 0.15) is 31.1 Å². The molecule has 2 aliphatic rings. The van der Waals surface area contributed by atoms with Crippen LogP contribution in [-0.2, 0) is 11.8 Å². The molecule has 0 spiro atoms. The highest BCUT2D eigenvalue weighted by atomic mass is 16.2. The quantitative estimate of drug-likeness (QED) is 0.405. The van der Waals surface area contributed by atoms with E-state index in [1.165, 1.54) is 0 Å². The van der Waals surface area contributed by atoms with Crippen molar-refractivity contribution in [3.63, 3.8) is 0 Å². The van der Waals surface area contributed by atoms with Crippen LogP contribution in [0.3, 0.4) is 0 Å². The lowest BCUT2D eigenvalue weighted by molar-refractivity contribution is -0.129. The van der Waals surface area contributed by atoms with E-state index >= 15 is 0 Å². The first-order valence-corrected chi connectivity index (χ1v) is 13.7. The molecule has 6 rings (SSSR count). The van der Waals surface area contributed by atoms with Crippen molar-refractivity contribution in [3.05, 3.63) is 52.2 Å². The number of hydrogen-bond acceptors (Lipinski definition) is 6. The fourth-order valence-electron chi connectivity index (χ4n) is 6.05. The van der Waals surface area contributed by atoms with Gasteiger partial charge in [0.25, 0.3) is 5.91 Å². The highest BCUT2D eigenvalue weighted by molar-refractivity contribution is 6.06. The normalized spacial score (nSPS) is 17.2. The number of para-hydroxylation sites is 2. The lowest BCUT2D eigenvalue weighted by atomic mass is 10.1. The number of piperazine rings is 2. The summed E-state index contributed by atoms with van der Waals surface area (Å²) in [6, 6.07) is 12.0. The Labute approximate surface area is 227 Å². The van der Waals surface area contributed by atoms with Gasteiger partial charge in [0.15, 0.2) is 5.65 Å². The van der Waals surface area contributed by atoms with E-state index in [9.17, 15) is 14.4 Å². The average molecular weight is 530 g/mol. The minimum absolute atomic E-state index is 0.0768. The first kappa shape index (κ1) is 25.4. The van der Waals surface area contributed by atoms with Gasteiger partial charge >= 0.3 is 0 Å². The second-order valence-electron chi connectivity index (χ2n) is 10.9. The Morgan fingerprint density at radius 2 is 1.49 bits per heavy atom. The summed E-state index contributed by atoms with van der Waals surface area (Å²) in [5, 5.41) is 0.430. The molecule has 2 aliphatic heterocycles. The number of imidazole rings is 1. The molecule has 4 aromatic rings. The predicted molar refractivity (Wildman–Crippen MR) is 153 cm³/mol. The third kappa shape index (κ3) is 4.14. The molecule has 2 saturated heterocycles. The van der Waals surface area contributed by atoms with Crippen LogP contribution in [-0.4, -0.2) is 98.9 Å². The number of carbonyl (C=O) groups is 2. The van der Waals surface area contributed by atoms with Gasteiger partial charge in [0.05, 0.1) is 16.4 Å². The summed E-state index contributed by atoms with van der Waals surface area (Å²) in [6.45, 7) is 11.3. The highest BCUT2D eigenvalue weighted by Gasteiger charge is 2.30. The lowest BCUT2D eigenvalue weighted by Gasteiger charge is -2.37. The summed E-state index contributed by atoms with van der Waals surface area (Å²) in [5.41, 5.74) is 2.84. The van der Waals surface area contributed by atoms with E-state index in [0.29, 0.717) is 62.0 Å². The van der Waals surface area contributed by atoms with Crippen LogP contribution >= 0.6 is 0 Å². The number of hydrogen-bond donors (Lipinski definition) is 0. The van der Waals surface area contributed by atoms with Crippen molar-refractivity contribution < 1.29 is 9.59 Å². The van der Waals surface area contributed by atoms with E-state index in [2.05, 4.69) is 23.6 Å². The van der Waals surface area contributed by atoms with E-state index in [1.54, 1.807) is 13.0 Å². The van der Waals surface area contributed by atoms with Crippen LogP contribution in [0.5, 0.6) is 0 Å². The molecule has 0 bridgehead atoms. The van der Waals surface area contributed by atoms with E-state index in [-0.39, 0.29) is 22.8 Å². The standard InChI is InChI=1S/C29H35N7O3/c1-19(2)32-11-17-35(18-12-32)29(39)25-26(38)21-9-10-24(34-15-13-33(14-16-34)20(3)37)30-27(21)36-23-8-6-5-7-22(23)31(4)28(25)36/h5-10,19H,11-18H2,1-4H3. The maximum atomic E-state index is 14.1. The van der Waals surface area contributed by atoms with Crippen molar-refractivity contribution in [1.29, 1.82) is 0 Å². The minimum atomic E-state index is -0.285. The van der Waals surface area contributed by atoms with Gasteiger partial charge < -0.3 is 19.3 Å². The largest absolute Gasteiger partial charge is 0.353 e. The van der Waals surface area contributed by atoms with Gasteiger partial charge in [-0.05, 0) is 38.1 Å². The van der Waals surface area contributed by atoms with Crippen molar-refractivity contribution >= 4 is 45.3 Å². The Hall–Kier alpha value is -3.92. The summed E-state index contributed by atoms with van der Waals surface area (Å²) < 4.78 is 3.91. The molecule has 5 heterocycles. The fourth-order valence-corrected chi connectivity index (χ4v) is 6.05. The maximum Gasteiger partial charge on any atom is 0.261 e. The number of pyridine rings is 2. The predicted octanol–water partition coefficient (Wildman–Crippen LogP) is 2.17. The minimum Gasteiger partial charge on any atom is -0.353 e. The van der Waals surface area contributed by atoms with E-state index in [0.717, 1.165) is 29.9 Å². The third-order valence-corrected chi connectivity index (χ3v) is 8.38. The topological polar surface area (TPSA) is 86.4 Å². The molecule has 39 heavy (non-hydrogen) atoms. The molecule has 0 aliphatic carbocycles. The average Bonchev–Trinajstić information content (AvgIpc) is 3.25. The number of fused-ring (bicyclic) bond motifs is 5. The number of anilines is 1. The Bertz CT molecular complexity index is 1650. The SMILES string of the molecule is CC(=O)N1CCN(c2ccc3c(=O)c(C(=O)N4CCN(C(C)C)CC4)c4n(C)c5ccccc5n4c3n2)CC1. The van der Waals surface area contributed by atoms with Crippen molar-refractivity contribution in [1.82, 2.24) is 28.7 Å². The molecule has 2 fully saturated rings. The number of aryl methyl sites for hydroxylation is 1. The summed E-state index contributed by atoms with van der Waals surface area (Å²) in [4.78, 5) is 53.0. The van der Waals surface area contributed by atoms with Crippen molar-refractivity contribution in [2.45, 2.75) is 26.8 Å². The Morgan fingerprint density at radius 1 is 0.846 bits per heavy atom. The summed E-state index contributed by atoms with van der Waals surface area (Å²) in [7, 11) is 1.90. The van der Waals surface area contributed by atoms with Crippen LogP contribution in [0, 0.1) is 0 Å². The van der Waals surface area contributed by atoms with E-state index in [4.69, 9.17) is 4.98 Å². The van der Waals surface area contributed by atoms with Crippen molar-refractivity contribution in [2.75, 3.05) is 57.3 Å². The van der Waals surface area contributed by atoms with Gasteiger partial charge in [-0.25, -0.2) is 4.98 Å². The lowest BCUT2D eigenvalue weighted by Crippen LogP contribution is -2.51. The second-order valence-corrected chi connectivity index (χ2v) is 10.9. The van der Waals surface area contributed by atoms with Crippen LogP contribution in [0.2, 0.25) is 0 Å². The number of rotatable bonds is 3. The molecular formula is C29H35N7O3. The zero-order chi connectivity index (χ0) is 27.4.